The van der Waals surface area contributed by atoms with Crippen LogP contribution in [0.5, 0.6) is 0 Å². The van der Waals surface area contributed by atoms with Crippen LogP contribution in [0.15, 0.2) is 0 Å². The van der Waals surface area contributed by atoms with Crippen LogP contribution >= 0.6 is 0 Å². The van der Waals surface area contributed by atoms with Crippen molar-refractivity contribution in [1.82, 2.24) is 5.32 Å². The topological polar surface area (TPSA) is 49.3 Å². The van der Waals surface area contributed by atoms with Crippen LogP contribution in [0.2, 0.25) is 0 Å². The van der Waals surface area contributed by atoms with E-state index in [1.807, 2.05) is 0 Å². The van der Waals surface area contributed by atoms with Gasteiger partial charge in [-0.25, -0.2) is 0 Å². The SMILES string of the molecule is O=C(O)[C]1NCC12CCC2. The molecular weight excluding hydrogens is 130 g/mol. The Labute approximate surface area is 59.4 Å². The summed E-state index contributed by atoms with van der Waals surface area (Å²) in [7, 11) is 0. The Bertz CT molecular complexity index is 169. The highest BCUT2D eigenvalue weighted by atomic mass is 16.4. The molecule has 10 heavy (non-hydrogen) atoms. The van der Waals surface area contributed by atoms with E-state index in [0.29, 0.717) is 6.04 Å². The molecule has 1 spiro atoms. The molecule has 1 saturated heterocycles. The average molecular weight is 140 g/mol. The minimum Gasteiger partial charge on any atom is -0.480 e. The fraction of sp³-hybridized carbons (Fsp3) is 0.714. The number of carbonyl (C=O) groups is 1. The minimum absolute atomic E-state index is 0.0891. The summed E-state index contributed by atoms with van der Waals surface area (Å²) in [6, 6.07) is 0.554. The van der Waals surface area contributed by atoms with Crippen molar-refractivity contribution in [2.45, 2.75) is 19.3 Å². The lowest BCUT2D eigenvalue weighted by Gasteiger charge is -2.53. The lowest BCUT2D eigenvalue weighted by molar-refractivity contribution is -0.142. The van der Waals surface area contributed by atoms with Crippen molar-refractivity contribution in [1.29, 1.82) is 0 Å². The molecule has 0 aromatic carbocycles. The average Bonchev–Trinajstić information content (AvgIpc) is 1.53. The predicted octanol–water partition coefficient (Wildman–Crippen LogP) is 0.376. The summed E-state index contributed by atoms with van der Waals surface area (Å²) in [4.78, 5) is 10.5. The highest BCUT2D eigenvalue weighted by Crippen LogP contribution is 2.52. The van der Waals surface area contributed by atoms with Gasteiger partial charge in [-0.2, -0.15) is 0 Å². The maximum Gasteiger partial charge on any atom is 0.327 e. The number of carboxylic acids is 1. The highest BCUT2D eigenvalue weighted by Gasteiger charge is 2.55. The largest absolute Gasteiger partial charge is 0.480 e. The fourth-order valence-electron chi connectivity index (χ4n) is 1.76. The second-order valence-electron chi connectivity index (χ2n) is 3.17. The molecule has 3 heteroatoms. The van der Waals surface area contributed by atoms with Crippen molar-refractivity contribution in [3.05, 3.63) is 6.04 Å². The molecule has 2 fully saturated rings. The molecule has 1 heterocycles. The summed E-state index contributed by atoms with van der Waals surface area (Å²) in [5, 5.41) is 11.5. The van der Waals surface area contributed by atoms with Crippen molar-refractivity contribution in [3.63, 3.8) is 0 Å². The minimum atomic E-state index is -0.758. The van der Waals surface area contributed by atoms with Gasteiger partial charge in [-0.1, -0.05) is 6.42 Å². The van der Waals surface area contributed by atoms with Gasteiger partial charge in [0.2, 0.25) is 0 Å². The molecule has 1 aliphatic carbocycles. The number of aliphatic carboxylic acids is 1. The van der Waals surface area contributed by atoms with Gasteiger partial charge in [-0.15, -0.1) is 0 Å². The summed E-state index contributed by atoms with van der Waals surface area (Å²) < 4.78 is 0. The lowest BCUT2D eigenvalue weighted by Crippen LogP contribution is -2.62. The molecule has 0 aromatic heterocycles. The Morgan fingerprint density at radius 2 is 2.30 bits per heavy atom. The normalized spacial score (nSPS) is 29.2. The molecule has 1 aliphatic heterocycles. The van der Waals surface area contributed by atoms with Gasteiger partial charge in [0.15, 0.2) is 6.04 Å². The van der Waals surface area contributed by atoms with Gasteiger partial charge in [-0.05, 0) is 12.8 Å². The molecule has 1 radical (unpaired) electrons. The standard InChI is InChI=1S/C7H10NO2/c9-6(10)5-7(4-8-5)2-1-3-7/h8H,1-4H2,(H,9,10). The molecule has 0 atom stereocenters. The van der Waals surface area contributed by atoms with Gasteiger partial charge >= 0.3 is 5.97 Å². The number of hydrogen-bond donors (Lipinski definition) is 2. The van der Waals surface area contributed by atoms with E-state index >= 15 is 0 Å². The third-order valence-corrected chi connectivity index (χ3v) is 2.66. The maximum absolute atomic E-state index is 10.5. The Hall–Kier alpha value is -0.570. The first-order chi connectivity index (χ1) is 4.75. The zero-order chi connectivity index (χ0) is 7.19. The van der Waals surface area contributed by atoms with Crippen molar-refractivity contribution in [2.75, 3.05) is 6.54 Å². The monoisotopic (exact) mass is 140 g/mol. The Kier molecular flexibility index (Phi) is 1.06. The molecule has 2 N–H and O–H groups in total. The van der Waals surface area contributed by atoms with Gasteiger partial charge < -0.3 is 5.11 Å². The summed E-state index contributed by atoms with van der Waals surface area (Å²) >= 11 is 0. The van der Waals surface area contributed by atoms with Crippen LogP contribution in [-0.2, 0) is 4.79 Å². The molecule has 55 valence electrons. The zero-order valence-corrected chi connectivity index (χ0v) is 5.68. The van der Waals surface area contributed by atoms with Crippen molar-refractivity contribution >= 4 is 5.97 Å². The number of carboxylic acid groups (broad SMARTS) is 1. The van der Waals surface area contributed by atoms with Crippen LogP contribution in [-0.4, -0.2) is 17.6 Å². The number of rotatable bonds is 1. The molecule has 2 rings (SSSR count). The number of hydrogen-bond acceptors (Lipinski definition) is 2. The van der Waals surface area contributed by atoms with Crippen molar-refractivity contribution < 1.29 is 9.90 Å². The van der Waals surface area contributed by atoms with Crippen LogP contribution in [0.3, 0.4) is 0 Å². The lowest BCUT2D eigenvalue weighted by atomic mass is 9.59. The maximum atomic E-state index is 10.5. The third kappa shape index (κ3) is 0.560. The van der Waals surface area contributed by atoms with Gasteiger partial charge in [0, 0.05) is 12.0 Å². The van der Waals surface area contributed by atoms with Crippen LogP contribution in [0, 0.1) is 11.5 Å². The molecule has 0 unspecified atom stereocenters. The van der Waals surface area contributed by atoms with E-state index in [-0.39, 0.29) is 5.41 Å². The summed E-state index contributed by atoms with van der Waals surface area (Å²) in [5.41, 5.74) is 0.0891. The van der Waals surface area contributed by atoms with Gasteiger partial charge in [0.1, 0.15) is 0 Å². The van der Waals surface area contributed by atoms with Crippen molar-refractivity contribution in [2.24, 2.45) is 5.41 Å². The molecule has 2 aliphatic rings. The first kappa shape index (κ1) is 6.16. The van der Waals surface area contributed by atoms with E-state index in [0.717, 1.165) is 19.4 Å². The summed E-state index contributed by atoms with van der Waals surface area (Å²) in [6.45, 7) is 0.884. The van der Waals surface area contributed by atoms with Crippen LogP contribution in [0.4, 0.5) is 0 Å². The van der Waals surface area contributed by atoms with Crippen LogP contribution in [0.1, 0.15) is 19.3 Å². The van der Waals surface area contributed by atoms with E-state index in [9.17, 15) is 4.79 Å². The third-order valence-electron chi connectivity index (χ3n) is 2.66. The van der Waals surface area contributed by atoms with E-state index in [4.69, 9.17) is 5.11 Å². The summed E-state index contributed by atoms with van der Waals surface area (Å²) in [5.74, 6) is -0.758. The molecule has 0 amide bonds. The van der Waals surface area contributed by atoms with Gasteiger partial charge in [0.25, 0.3) is 0 Å². The smallest absolute Gasteiger partial charge is 0.327 e. The molecule has 1 saturated carbocycles. The highest BCUT2D eigenvalue weighted by molar-refractivity contribution is 5.85. The first-order valence-electron chi connectivity index (χ1n) is 3.59. The van der Waals surface area contributed by atoms with E-state index in [1.165, 1.54) is 6.42 Å². The first-order valence-corrected chi connectivity index (χ1v) is 3.59. The van der Waals surface area contributed by atoms with Crippen LogP contribution < -0.4 is 5.32 Å². The van der Waals surface area contributed by atoms with Crippen molar-refractivity contribution in [3.8, 4) is 0 Å². The quantitative estimate of drug-likeness (QED) is 0.553. The summed E-state index contributed by atoms with van der Waals surface area (Å²) in [6.07, 6.45) is 3.34. The van der Waals surface area contributed by atoms with E-state index in [1.54, 1.807) is 0 Å². The molecule has 0 bridgehead atoms. The van der Waals surface area contributed by atoms with E-state index in [2.05, 4.69) is 5.32 Å². The molecular formula is C7H10NO2. The Morgan fingerprint density at radius 3 is 2.40 bits per heavy atom. The fourth-order valence-corrected chi connectivity index (χ4v) is 1.76. The van der Waals surface area contributed by atoms with Crippen LogP contribution in [0.25, 0.3) is 0 Å². The van der Waals surface area contributed by atoms with E-state index < -0.39 is 5.97 Å². The van der Waals surface area contributed by atoms with Gasteiger partial charge in [0.05, 0.1) is 0 Å². The number of nitrogens with one attached hydrogen (secondary N) is 1. The zero-order valence-electron chi connectivity index (χ0n) is 5.68. The predicted molar refractivity (Wildman–Crippen MR) is 35.2 cm³/mol. The Morgan fingerprint density at radius 1 is 1.60 bits per heavy atom. The second kappa shape index (κ2) is 1.72. The molecule has 3 nitrogen and oxygen atoms in total. The second-order valence-corrected chi connectivity index (χ2v) is 3.17. The molecule has 0 aromatic rings. The van der Waals surface area contributed by atoms with Gasteiger partial charge in [-0.3, -0.25) is 10.1 Å². The Balaban J connectivity index is 2.05.